The van der Waals surface area contributed by atoms with Crippen molar-refractivity contribution in [1.82, 2.24) is 10.1 Å². The van der Waals surface area contributed by atoms with Crippen molar-refractivity contribution in [3.63, 3.8) is 0 Å². The number of unbranched alkanes of at least 4 members (excludes halogenated alkanes) is 1. The minimum Gasteiger partial charge on any atom is -0.339 e. The molecule has 0 unspecified atom stereocenters. The van der Waals surface area contributed by atoms with Crippen LogP contribution >= 0.6 is 0 Å². The van der Waals surface area contributed by atoms with Crippen LogP contribution in [-0.2, 0) is 0 Å². The number of aromatic nitrogens is 2. The van der Waals surface area contributed by atoms with Crippen LogP contribution in [0.25, 0.3) is 0 Å². The second kappa shape index (κ2) is 5.29. The summed E-state index contributed by atoms with van der Waals surface area (Å²) in [5, 5.41) is 3.55. The molecule has 1 radical (unpaired) electrons. The molecule has 0 aromatic carbocycles. The first kappa shape index (κ1) is 10.7. The van der Waals surface area contributed by atoms with Gasteiger partial charge < -0.3 is 4.52 Å². The highest BCUT2D eigenvalue weighted by atomic mass is 16.5. The molecule has 15 heavy (non-hydrogen) atoms. The second-order valence-corrected chi connectivity index (χ2v) is 4.59. The van der Waals surface area contributed by atoms with Gasteiger partial charge in [-0.1, -0.05) is 31.3 Å². The summed E-state index contributed by atoms with van der Waals surface area (Å²) in [5.41, 5.74) is 0. The van der Waals surface area contributed by atoms with Crippen molar-refractivity contribution in [1.29, 1.82) is 0 Å². The van der Waals surface area contributed by atoms with Crippen LogP contribution in [0, 0.1) is 12.2 Å². The Morgan fingerprint density at radius 3 is 2.73 bits per heavy atom. The monoisotopic (exact) mass is 207 g/mol. The SMILES string of the molecule is CCCCC1CCC(c2n[c]no2)CC1. The molecule has 0 atom stereocenters. The Morgan fingerprint density at radius 2 is 2.13 bits per heavy atom. The van der Waals surface area contributed by atoms with Crippen LogP contribution in [0.15, 0.2) is 4.52 Å². The molecule has 1 aliphatic rings. The molecular formula is C12H19N2O. The van der Waals surface area contributed by atoms with Gasteiger partial charge in [0.2, 0.25) is 12.2 Å². The second-order valence-electron chi connectivity index (χ2n) is 4.59. The third-order valence-corrected chi connectivity index (χ3v) is 3.50. The molecule has 0 spiro atoms. The lowest BCUT2D eigenvalue weighted by atomic mass is 9.80. The fraction of sp³-hybridized carbons (Fsp3) is 0.833. The number of rotatable bonds is 4. The molecule has 0 bridgehead atoms. The normalized spacial score (nSPS) is 26.7. The Balaban J connectivity index is 1.77. The molecule has 1 aliphatic carbocycles. The lowest BCUT2D eigenvalue weighted by molar-refractivity contribution is 0.260. The molecule has 1 heterocycles. The van der Waals surface area contributed by atoms with E-state index in [0.717, 1.165) is 11.8 Å². The number of nitrogens with zero attached hydrogens (tertiary/aromatic N) is 2. The van der Waals surface area contributed by atoms with E-state index in [4.69, 9.17) is 4.52 Å². The molecule has 0 N–H and O–H groups in total. The summed E-state index contributed by atoms with van der Waals surface area (Å²) < 4.78 is 5.07. The molecule has 1 fully saturated rings. The van der Waals surface area contributed by atoms with Crippen molar-refractivity contribution >= 4 is 0 Å². The summed E-state index contributed by atoms with van der Waals surface area (Å²) in [6.45, 7) is 2.26. The van der Waals surface area contributed by atoms with E-state index in [9.17, 15) is 0 Å². The largest absolute Gasteiger partial charge is 0.339 e. The van der Waals surface area contributed by atoms with Crippen LogP contribution in [-0.4, -0.2) is 10.1 Å². The third-order valence-electron chi connectivity index (χ3n) is 3.50. The Labute approximate surface area is 91.3 Å². The Hall–Kier alpha value is -0.860. The highest BCUT2D eigenvalue weighted by Crippen LogP contribution is 2.36. The first-order valence-corrected chi connectivity index (χ1v) is 6.09. The lowest BCUT2D eigenvalue weighted by Crippen LogP contribution is -2.13. The van der Waals surface area contributed by atoms with E-state index >= 15 is 0 Å². The fourth-order valence-corrected chi connectivity index (χ4v) is 2.51. The zero-order valence-electron chi connectivity index (χ0n) is 9.41. The van der Waals surface area contributed by atoms with Gasteiger partial charge in [-0.2, -0.15) is 4.98 Å². The van der Waals surface area contributed by atoms with Crippen molar-refractivity contribution in [2.45, 2.75) is 57.8 Å². The first-order valence-electron chi connectivity index (χ1n) is 6.09. The van der Waals surface area contributed by atoms with Gasteiger partial charge in [-0.15, -0.1) is 0 Å². The van der Waals surface area contributed by atoms with E-state index in [0.29, 0.717) is 5.92 Å². The van der Waals surface area contributed by atoms with Gasteiger partial charge in [0.25, 0.3) is 0 Å². The molecule has 83 valence electrons. The quantitative estimate of drug-likeness (QED) is 0.760. The van der Waals surface area contributed by atoms with Crippen LogP contribution in [0.3, 0.4) is 0 Å². The molecule has 3 heteroatoms. The summed E-state index contributed by atoms with van der Waals surface area (Å²) in [4.78, 5) is 4.02. The smallest absolute Gasteiger partial charge is 0.243 e. The maximum Gasteiger partial charge on any atom is 0.243 e. The van der Waals surface area contributed by atoms with E-state index in [2.05, 4.69) is 23.4 Å². The number of hydrogen-bond donors (Lipinski definition) is 0. The minimum absolute atomic E-state index is 0.502. The summed E-state index contributed by atoms with van der Waals surface area (Å²) in [7, 11) is 0. The fourth-order valence-electron chi connectivity index (χ4n) is 2.51. The van der Waals surface area contributed by atoms with Gasteiger partial charge >= 0.3 is 0 Å². The third kappa shape index (κ3) is 2.80. The average molecular weight is 207 g/mol. The molecule has 0 aliphatic heterocycles. The number of hydrogen-bond acceptors (Lipinski definition) is 3. The molecule has 1 aromatic heterocycles. The van der Waals surface area contributed by atoms with Crippen LogP contribution < -0.4 is 0 Å². The zero-order valence-corrected chi connectivity index (χ0v) is 9.41. The van der Waals surface area contributed by atoms with Crippen molar-refractivity contribution < 1.29 is 4.52 Å². The summed E-state index contributed by atoms with van der Waals surface area (Å²) >= 11 is 0. The van der Waals surface area contributed by atoms with Crippen molar-refractivity contribution in [2.24, 2.45) is 5.92 Å². The molecule has 1 aromatic rings. The summed E-state index contributed by atoms with van der Waals surface area (Å²) in [6, 6.07) is 0. The van der Waals surface area contributed by atoms with Crippen molar-refractivity contribution in [3.05, 3.63) is 12.2 Å². The maximum atomic E-state index is 5.07. The lowest BCUT2D eigenvalue weighted by Gasteiger charge is -2.26. The molecular weight excluding hydrogens is 188 g/mol. The van der Waals surface area contributed by atoms with E-state index in [1.54, 1.807) is 0 Å². The van der Waals surface area contributed by atoms with E-state index in [1.165, 1.54) is 44.9 Å². The van der Waals surface area contributed by atoms with Gasteiger partial charge in [-0.05, 0) is 31.6 Å². The van der Waals surface area contributed by atoms with E-state index < -0.39 is 0 Å². The highest BCUT2D eigenvalue weighted by molar-refractivity contribution is 4.91. The van der Waals surface area contributed by atoms with Crippen LogP contribution in [0.5, 0.6) is 0 Å². The van der Waals surface area contributed by atoms with Crippen LogP contribution in [0.4, 0.5) is 0 Å². The topological polar surface area (TPSA) is 38.9 Å². The maximum absolute atomic E-state index is 5.07. The zero-order chi connectivity index (χ0) is 10.5. The Kier molecular flexibility index (Phi) is 3.75. The Morgan fingerprint density at radius 1 is 1.33 bits per heavy atom. The van der Waals surface area contributed by atoms with Crippen molar-refractivity contribution in [3.8, 4) is 0 Å². The van der Waals surface area contributed by atoms with Gasteiger partial charge in [-0.3, -0.25) is 0 Å². The predicted molar refractivity (Wildman–Crippen MR) is 57.4 cm³/mol. The van der Waals surface area contributed by atoms with Crippen molar-refractivity contribution in [2.75, 3.05) is 0 Å². The average Bonchev–Trinajstić information content (AvgIpc) is 2.80. The molecule has 2 rings (SSSR count). The minimum atomic E-state index is 0.502. The Bertz CT molecular complexity index is 263. The van der Waals surface area contributed by atoms with Gasteiger partial charge in [0, 0.05) is 5.92 Å². The summed E-state index contributed by atoms with van der Waals surface area (Å²) in [5.74, 6) is 2.23. The molecule has 0 saturated heterocycles. The molecule has 0 amide bonds. The standard InChI is InChI=1S/C12H19N2O/c1-2-3-4-10-5-7-11(8-6-10)12-13-9-14-15-12/h10-11H,2-8H2,1H3. The van der Waals surface area contributed by atoms with E-state index in [-0.39, 0.29) is 0 Å². The predicted octanol–water partition coefficient (Wildman–Crippen LogP) is 3.33. The highest BCUT2D eigenvalue weighted by Gasteiger charge is 2.25. The van der Waals surface area contributed by atoms with Crippen LogP contribution in [0.1, 0.15) is 63.7 Å². The molecule has 3 nitrogen and oxygen atoms in total. The molecule has 1 saturated carbocycles. The first-order chi connectivity index (χ1) is 7.40. The van der Waals surface area contributed by atoms with Gasteiger partial charge in [0.15, 0.2) is 0 Å². The van der Waals surface area contributed by atoms with Gasteiger partial charge in [0.05, 0.1) is 0 Å². The van der Waals surface area contributed by atoms with Crippen LogP contribution in [0.2, 0.25) is 0 Å². The van der Waals surface area contributed by atoms with Gasteiger partial charge in [-0.25, -0.2) is 0 Å². The van der Waals surface area contributed by atoms with E-state index in [1.807, 2.05) is 0 Å². The summed E-state index contributed by atoms with van der Waals surface area (Å²) in [6.07, 6.45) is 11.7. The van der Waals surface area contributed by atoms with Gasteiger partial charge in [0.1, 0.15) is 0 Å².